The van der Waals surface area contributed by atoms with E-state index in [-0.39, 0.29) is 47.4 Å². The lowest BCUT2D eigenvalue weighted by molar-refractivity contribution is -0.141. The Labute approximate surface area is 321 Å². The highest BCUT2D eigenvalue weighted by Gasteiger charge is 2.62. The number of halogens is 2. The van der Waals surface area contributed by atoms with Crippen LogP contribution >= 0.6 is 22.9 Å². The van der Waals surface area contributed by atoms with Crippen molar-refractivity contribution in [3.63, 3.8) is 0 Å². The summed E-state index contributed by atoms with van der Waals surface area (Å²) in [5, 5.41) is 5.41. The minimum Gasteiger partial charge on any atom is -0.444 e. The predicted molar refractivity (Wildman–Crippen MR) is 195 cm³/mol. The highest BCUT2D eigenvalue weighted by Crippen LogP contribution is 2.46. The standard InChI is InChI=1S/C36H43ClFN5O9S2/c1-35(2,3)52-33(47)39-26-13-8-6-4-5-7-11-22-17-36(22,32(46)41-54(49,50)29-15-14-28(37)53-29)40-30(44)27-16-23(19-43(27)31(26)45)51-34(48)42-18-21-10-9-12-25(38)24(21)20-42/h7,9-12,14-15,22-23,26-27H,4-6,8,13,16-20H2,1-3H3,(H,39,47)(H,40,44)(H,41,46)/b11-7-/t22-,23-,26+,27+,36-/m1/s1. The summed E-state index contributed by atoms with van der Waals surface area (Å²) < 4.78 is 54.1. The van der Waals surface area contributed by atoms with Crippen molar-refractivity contribution in [3.05, 3.63) is 63.8 Å². The van der Waals surface area contributed by atoms with Crippen molar-refractivity contribution in [2.24, 2.45) is 5.92 Å². The number of thiophene rings is 1. The van der Waals surface area contributed by atoms with Gasteiger partial charge in [-0.15, -0.1) is 11.3 Å². The van der Waals surface area contributed by atoms with E-state index < -0.39 is 81.0 Å². The molecule has 14 nitrogen and oxygen atoms in total. The monoisotopic (exact) mass is 807 g/mol. The number of sulfonamides is 1. The Morgan fingerprint density at radius 1 is 1.09 bits per heavy atom. The number of ether oxygens (including phenoxy) is 2. The van der Waals surface area contributed by atoms with E-state index in [1.807, 2.05) is 6.08 Å². The fraction of sp³-hybridized carbons (Fsp3) is 0.528. The molecular weight excluding hydrogens is 765 g/mol. The molecule has 0 radical (unpaired) electrons. The first-order valence-electron chi connectivity index (χ1n) is 17.8. The molecule has 1 aliphatic carbocycles. The Kier molecular flexibility index (Phi) is 11.3. The number of hydrogen-bond acceptors (Lipinski definition) is 10. The molecule has 3 aliphatic heterocycles. The normalized spacial score (nSPS) is 26.6. The van der Waals surface area contributed by atoms with Crippen LogP contribution in [0, 0.1) is 11.7 Å². The van der Waals surface area contributed by atoms with Crippen molar-refractivity contribution in [1.82, 2.24) is 25.2 Å². The van der Waals surface area contributed by atoms with Crippen LogP contribution in [-0.4, -0.2) is 84.0 Å². The maximum Gasteiger partial charge on any atom is 0.410 e. The van der Waals surface area contributed by atoms with Crippen molar-refractivity contribution >= 4 is 62.9 Å². The number of alkyl carbamates (subject to hydrolysis) is 1. The van der Waals surface area contributed by atoms with E-state index in [0.29, 0.717) is 30.4 Å². The highest BCUT2D eigenvalue weighted by molar-refractivity contribution is 7.92. The maximum absolute atomic E-state index is 14.4. The largest absolute Gasteiger partial charge is 0.444 e. The number of allylic oxidation sites excluding steroid dienone is 1. The smallest absolute Gasteiger partial charge is 0.410 e. The molecule has 0 unspecified atom stereocenters. The third-order valence-electron chi connectivity index (χ3n) is 9.83. The van der Waals surface area contributed by atoms with Gasteiger partial charge in [0, 0.05) is 24.4 Å². The molecule has 54 heavy (non-hydrogen) atoms. The summed E-state index contributed by atoms with van der Waals surface area (Å²) in [6.45, 7) is 4.92. The molecule has 4 aliphatic rings. The number of rotatable bonds is 5. The zero-order chi connectivity index (χ0) is 39.0. The van der Waals surface area contributed by atoms with Gasteiger partial charge in [-0.25, -0.2) is 27.1 Å². The third kappa shape index (κ3) is 8.84. The topological polar surface area (TPSA) is 181 Å². The van der Waals surface area contributed by atoms with Gasteiger partial charge in [0.2, 0.25) is 11.8 Å². The van der Waals surface area contributed by atoms with E-state index in [1.54, 1.807) is 39.0 Å². The lowest BCUT2D eigenvalue weighted by atomic mass is 10.0. The van der Waals surface area contributed by atoms with Gasteiger partial charge in [-0.3, -0.25) is 19.3 Å². The Hall–Kier alpha value is -4.22. The van der Waals surface area contributed by atoms with Crippen LogP contribution < -0.4 is 15.4 Å². The quantitative estimate of drug-likeness (QED) is 0.359. The summed E-state index contributed by atoms with van der Waals surface area (Å²) in [7, 11) is -4.34. The van der Waals surface area contributed by atoms with Crippen LogP contribution in [0.2, 0.25) is 4.34 Å². The van der Waals surface area contributed by atoms with Crippen molar-refractivity contribution in [1.29, 1.82) is 0 Å². The molecule has 5 atom stereocenters. The van der Waals surface area contributed by atoms with E-state index >= 15 is 0 Å². The Balaban J connectivity index is 1.26. The lowest BCUT2D eigenvalue weighted by Gasteiger charge is -2.30. The summed E-state index contributed by atoms with van der Waals surface area (Å²) in [6.07, 6.45) is 3.83. The molecule has 0 bridgehead atoms. The Bertz CT molecular complexity index is 1970. The van der Waals surface area contributed by atoms with Crippen LogP contribution in [0.1, 0.15) is 76.8 Å². The van der Waals surface area contributed by atoms with Gasteiger partial charge in [0.1, 0.15) is 39.4 Å². The van der Waals surface area contributed by atoms with E-state index in [9.17, 15) is 36.8 Å². The average Bonchev–Trinajstić information content (AvgIpc) is 3.46. The first-order valence-corrected chi connectivity index (χ1v) is 20.5. The number of fused-ring (bicyclic) bond motifs is 3. The van der Waals surface area contributed by atoms with Crippen LogP contribution in [-0.2, 0) is 47.0 Å². The lowest BCUT2D eigenvalue weighted by Crippen LogP contribution is -2.58. The van der Waals surface area contributed by atoms with Gasteiger partial charge in [-0.05, 0) is 70.2 Å². The Morgan fingerprint density at radius 2 is 1.87 bits per heavy atom. The van der Waals surface area contributed by atoms with Crippen molar-refractivity contribution < 1.29 is 46.3 Å². The molecule has 2 aromatic rings. The summed E-state index contributed by atoms with van der Waals surface area (Å²) in [6, 6.07) is 4.85. The Morgan fingerprint density at radius 3 is 2.57 bits per heavy atom. The zero-order valence-electron chi connectivity index (χ0n) is 30.1. The molecule has 2 fully saturated rings. The highest BCUT2D eigenvalue weighted by atomic mass is 35.5. The van der Waals surface area contributed by atoms with Crippen molar-refractivity contribution in [2.45, 2.75) is 112 Å². The minimum absolute atomic E-state index is 0.0187. The van der Waals surface area contributed by atoms with Gasteiger partial charge < -0.3 is 25.0 Å². The summed E-state index contributed by atoms with van der Waals surface area (Å²) in [4.78, 5) is 71.2. The van der Waals surface area contributed by atoms with Crippen LogP contribution in [0.4, 0.5) is 14.0 Å². The number of nitrogens with one attached hydrogen (secondary N) is 3. The van der Waals surface area contributed by atoms with Gasteiger partial charge in [-0.1, -0.05) is 48.7 Å². The van der Waals surface area contributed by atoms with Gasteiger partial charge in [0.25, 0.3) is 15.9 Å². The second-order valence-electron chi connectivity index (χ2n) is 15.0. The van der Waals surface area contributed by atoms with E-state index in [4.69, 9.17) is 21.1 Å². The summed E-state index contributed by atoms with van der Waals surface area (Å²) >= 11 is 6.71. The van der Waals surface area contributed by atoms with Gasteiger partial charge in [0.15, 0.2) is 0 Å². The molecule has 5 amide bonds. The fourth-order valence-electron chi connectivity index (χ4n) is 7.05. The molecule has 1 aromatic carbocycles. The molecule has 4 heterocycles. The van der Waals surface area contributed by atoms with Crippen LogP contribution in [0.15, 0.2) is 46.7 Å². The first-order chi connectivity index (χ1) is 25.5. The molecule has 1 saturated heterocycles. The number of carbonyl (C=O) groups excluding carboxylic acids is 5. The van der Waals surface area contributed by atoms with E-state index in [0.717, 1.165) is 17.8 Å². The van der Waals surface area contributed by atoms with Gasteiger partial charge in [0.05, 0.1) is 17.4 Å². The fourth-order valence-corrected chi connectivity index (χ4v) is 9.57. The molecule has 292 valence electrons. The van der Waals surface area contributed by atoms with Crippen molar-refractivity contribution in [2.75, 3.05) is 6.54 Å². The molecule has 0 spiro atoms. The molecule has 3 N–H and O–H groups in total. The zero-order valence-corrected chi connectivity index (χ0v) is 32.5. The van der Waals surface area contributed by atoms with Gasteiger partial charge in [-0.2, -0.15) is 0 Å². The second kappa shape index (κ2) is 15.5. The molecule has 6 rings (SSSR count). The number of nitrogens with zero attached hydrogens (tertiary/aromatic N) is 2. The average molecular weight is 808 g/mol. The summed E-state index contributed by atoms with van der Waals surface area (Å²) in [5.41, 5.74) is -1.51. The maximum atomic E-state index is 14.4. The molecule has 1 saturated carbocycles. The van der Waals surface area contributed by atoms with Gasteiger partial charge >= 0.3 is 12.2 Å². The third-order valence-corrected chi connectivity index (χ3v) is 12.9. The second-order valence-corrected chi connectivity index (χ2v) is 18.6. The van der Waals surface area contributed by atoms with E-state index in [1.165, 1.54) is 28.0 Å². The molecule has 18 heteroatoms. The van der Waals surface area contributed by atoms with Crippen LogP contribution in [0.25, 0.3) is 0 Å². The number of amides is 5. The van der Waals surface area contributed by atoms with Crippen LogP contribution in [0.3, 0.4) is 0 Å². The SMILES string of the molecule is CC(C)(C)OC(=O)N[C@H]1CCCCC/C=C\[C@@H]2C[C@@]2(C(=O)NS(=O)(=O)c2ccc(Cl)s2)NC(=O)[C@@H]2C[C@@H](OC(=O)N3Cc4cccc(F)c4C3)CN2C1=O. The number of hydrogen-bond donors (Lipinski definition) is 3. The first kappa shape index (κ1) is 39.5. The predicted octanol–water partition coefficient (Wildman–Crippen LogP) is 4.76. The number of benzene rings is 1. The number of carbonyl (C=O) groups is 5. The minimum atomic E-state index is -4.34. The van der Waals surface area contributed by atoms with Crippen LogP contribution in [0.5, 0.6) is 0 Å². The van der Waals surface area contributed by atoms with E-state index in [2.05, 4.69) is 15.4 Å². The molecule has 1 aromatic heterocycles. The summed E-state index contributed by atoms with van der Waals surface area (Å²) in [5.74, 6) is -3.34. The van der Waals surface area contributed by atoms with Crippen molar-refractivity contribution in [3.8, 4) is 0 Å². The molecular formula is C36H43ClFN5O9S2.